The zero-order valence-corrected chi connectivity index (χ0v) is 12.5. The van der Waals surface area contributed by atoms with Crippen LogP contribution in [0.5, 0.6) is 0 Å². The van der Waals surface area contributed by atoms with E-state index in [0.29, 0.717) is 6.04 Å². The van der Waals surface area contributed by atoms with Crippen molar-refractivity contribution in [3.8, 4) is 0 Å². The Labute approximate surface area is 125 Å². The smallest absolute Gasteiger partial charge is 0.124 e. The van der Waals surface area contributed by atoms with Crippen LogP contribution in [0.2, 0.25) is 0 Å². The van der Waals surface area contributed by atoms with Gasteiger partial charge in [-0.2, -0.15) is 0 Å². The number of rotatable bonds is 4. The van der Waals surface area contributed by atoms with Crippen LogP contribution in [0.3, 0.4) is 0 Å². The molecule has 1 atom stereocenters. The number of aromatic nitrogens is 4. The van der Waals surface area contributed by atoms with Crippen LogP contribution in [0.15, 0.2) is 18.7 Å². The largest absolute Gasteiger partial charge is 0.344 e. The second-order valence-corrected chi connectivity index (χ2v) is 6.25. The van der Waals surface area contributed by atoms with Gasteiger partial charge in [0.2, 0.25) is 0 Å². The van der Waals surface area contributed by atoms with Gasteiger partial charge >= 0.3 is 0 Å². The van der Waals surface area contributed by atoms with Gasteiger partial charge in [-0.25, -0.2) is 9.97 Å². The van der Waals surface area contributed by atoms with Gasteiger partial charge in [0.1, 0.15) is 5.82 Å². The van der Waals surface area contributed by atoms with E-state index in [9.17, 15) is 0 Å². The maximum Gasteiger partial charge on any atom is 0.124 e. The van der Waals surface area contributed by atoms with E-state index in [0.717, 1.165) is 19.5 Å². The van der Waals surface area contributed by atoms with Crippen LogP contribution in [0.4, 0.5) is 0 Å². The molecule has 1 fully saturated rings. The molecule has 1 aliphatic heterocycles. The zero-order valence-electron chi connectivity index (χ0n) is 12.5. The first-order chi connectivity index (χ1) is 10.4. The van der Waals surface area contributed by atoms with Crippen molar-refractivity contribution in [3.05, 3.63) is 35.9 Å². The molecule has 21 heavy (non-hydrogen) atoms. The van der Waals surface area contributed by atoms with Crippen LogP contribution < -0.4 is 0 Å². The van der Waals surface area contributed by atoms with Crippen molar-refractivity contribution in [2.75, 3.05) is 13.1 Å². The summed E-state index contributed by atoms with van der Waals surface area (Å²) in [6.45, 7) is 3.27. The number of hydrogen-bond donors (Lipinski definition) is 1. The van der Waals surface area contributed by atoms with E-state index in [1.54, 1.807) is 0 Å². The molecule has 0 amide bonds. The van der Waals surface area contributed by atoms with Gasteiger partial charge in [-0.1, -0.05) is 0 Å². The van der Waals surface area contributed by atoms with Crippen molar-refractivity contribution in [1.82, 2.24) is 24.4 Å². The SMILES string of the molecule is c1cn(CCN2CCC[C@@H]2c2nc3c([nH]2)CCCC3)cn1. The molecule has 5 heteroatoms. The van der Waals surface area contributed by atoms with Gasteiger partial charge < -0.3 is 9.55 Å². The van der Waals surface area contributed by atoms with Gasteiger partial charge in [-0.15, -0.1) is 0 Å². The lowest BCUT2D eigenvalue weighted by Crippen LogP contribution is -2.27. The maximum atomic E-state index is 4.91. The predicted molar refractivity (Wildman–Crippen MR) is 81.0 cm³/mol. The highest BCUT2D eigenvalue weighted by Gasteiger charge is 2.29. The minimum Gasteiger partial charge on any atom is -0.344 e. The Balaban J connectivity index is 1.46. The average molecular weight is 285 g/mol. The summed E-state index contributed by atoms with van der Waals surface area (Å²) < 4.78 is 2.16. The molecule has 2 aromatic heterocycles. The van der Waals surface area contributed by atoms with Crippen molar-refractivity contribution in [2.24, 2.45) is 0 Å². The Kier molecular flexibility index (Phi) is 3.51. The molecule has 3 heterocycles. The molecular formula is C16H23N5. The molecule has 0 saturated carbocycles. The number of aromatic amines is 1. The van der Waals surface area contributed by atoms with Gasteiger partial charge in [-0.05, 0) is 45.1 Å². The number of hydrogen-bond acceptors (Lipinski definition) is 3. The van der Waals surface area contributed by atoms with Crippen LogP contribution in [-0.4, -0.2) is 37.5 Å². The lowest BCUT2D eigenvalue weighted by Gasteiger charge is -2.22. The Morgan fingerprint density at radius 1 is 1.19 bits per heavy atom. The third kappa shape index (κ3) is 2.62. The Bertz CT molecular complexity index is 562. The van der Waals surface area contributed by atoms with Crippen LogP contribution in [-0.2, 0) is 19.4 Å². The van der Waals surface area contributed by atoms with Crippen LogP contribution in [0.25, 0.3) is 0 Å². The molecule has 5 nitrogen and oxygen atoms in total. The van der Waals surface area contributed by atoms with Crippen molar-refractivity contribution in [2.45, 2.75) is 51.1 Å². The van der Waals surface area contributed by atoms with E-state index in [-0.39, 0.29) is 0 Å². The number of imidazole rings is 2. The number of fused-ring (bicyclic) bond motifs is 1. The number of aryl methyl sites for hydroxylation is 2. The molecule has 0 radical (unpaired) electrons. The molecule has 0 unspecified atom stereocenters. The molecule has 1 saturated heterocycles. The van der Waals surface area contributed by atoms with E-state index < -0.39 is 0 Å². The van der Waals surface area contributed by atoms with E-state index >= 15 is 0 Å². The highest BCUT2D eigenvalue weighted by atomic mass is 15.2. The van der Waals surface area contributed by atoms with Crippen LogP contribution in [0.1, 0.15) is 48.9 Å². The standard InChI is InChI=1S/C16H23N5/c1-2-5-14-13(4-1)18-16(19-14)15-6-3-8-21(15)11-10-20-9-7-17-12-20/h7,9,12,15H,1-6,8,10-11H2,(H,18,19)/t15-/m1/s1. The van der Waals surface area contributed by atoms with Gasteiger partial charge in [0, 0.05) is 31.2 Å². The Morgan fingerprint density at radius 2 is 2.14 bits per heavy atom. The summed E-state index contributed by atoms with van der Waals surface area (Å²) in [5.74, 6) is 1.21. The first-order valence-corrected chi connectivity index (χ1v) is 8.17. The quantitative estimate of drug-likeness (QED) is 0.938. The summed E-state index contributed by atoms with van der Waals surface area (Å²) in [4.78, 5) is 15.2. The summed E-state index contributed by atoms with van der Waals surface area (Å²) in [7, 11) is 0. The summed E-state index contributed by atoms with van der Waals surface area (Å²) in [6, 6.07) is 0.485. The molecule has 112 valence electrons. The second-order valence-electron chi connectivity index (χ2n) is 6.25. The number of H-pyrrole nitrogens is 1. The van der Waals surface area contributed by atoms with Gasteiger partial charge in [0.05, 0.1) is 18.1 Å². The summed E-state index contributed by atoms with van der Waals surface area (Å²) in [6.07, 6.45) is 13.2. The summed E-state index contributed by atoms with van der Waals surface area (Å²) in [5.41, 5.74) is 2.73. The van der Waals surface area contributed by atoms with Gasteiger partial charge in [-0.3, -0.25) is 4.90 Å². The van der Waals surface area contributed by atoms with Crippen molar-refractivity contribution in [1.29, 1.82) is 0 Å². The molecule has 0 spiro atoms. The zero-order chi connectivity index (χ0) is 14.1. The van der Waals surface area contributed by atoms with Gasteiger partial charge in [0.25, 0.3) is 0 Å². The predicted octanol–water partition coefficient (Wildman–Crippen LogP) is 2.32. The molecule has 2 aromatic rings. The molecule has 0 bridgehead atoms. The highest BCUT2D eigenvalue weighted by Crippen LogP contribution is 2.31. The normalized spacial score (nSPS) is 22.6. The lowest BCUT2D eigenvalue weighted by molar-refractivity contribution is 0.239. The van der Waals surface area contributed by atoms with Crippen molar-refractivity contribution >= 4 is 0 Å². The van der Waals surface area contributed by atoms with Crippen molar-refractivity contribution < 1.29 is 0 Å². The van der Waals surface area contributed by atoms with E-state index in [4.69, 9.17) is 4.98 Å². The van der Waals surface area contributed by atoms with E-state index in [1.165, 1.54) is 55.9 Å². The number of nitrogens with one attached hydrogen (secondary N) is 1. The first kappa shape index (κ1) is 13.1. The molecule has 1 N–H and O–H groups in total. The van der Waals surface area contributed by atoms with E-state index in [2.05, 4.69) is 19.4 Å². The minimum atomic E-state index is 0.485. The number of nitrogens with zero attached hydrogens (tertiary/aromatic N) is 4. The fourth-order valence-corrected chi connectivity index (χ4v) is 3.70. The maximum absolute atomic E-state index is 4.91. The lowest BCUT2D eigenvalue weighted by atomic mass is 10.0. The minimum absolute atomic E-state index is 0.485. The average Bonchev–Trinajstić information content (AvgIpc) is 3.24. The van der Waals surface area contributed by atoms with E-state index in [1.807, 2.05) is 18.7 Å². The Hall–Kier alpha value is -1.62. The Morgan fingerprint density at radius 3 is 3.00 bits per heavy atom. The second kappa shape index (κ2) is 5.64. The number of likely N-dealkylation sites (tertiary alicyclic amines) is 1. The molecular weight excluding hydrogens is 262 g/mol. The summed E-state index contributed by atoms with van der Waals surface area (Å²) >= 11 is 0. The first-order valence-electron chi connectivity index (χ1n) is 8.17. The third-order valence-electron chi connectivity index (χ3n) is 4.86. The highest BCUT2D eigenvalue weighted by molar-refractivity contribution is 5.19. The van der Waals surface area contributed by atoms with Crippen LogP contribution in [0, 0.1) is 0 Å². The third-order valence-corrected chi connectivity index (χ3v) is 4.86. The molecule has 4 rings (SSSR count). The topological polar surface area (TPSA) is 49.7 Å². The van der Waals surface area contributed by atoms with Gasteiger partial charge in [0.15, 0.2) is 0 Å². The molecule has 1 aliphatic carbocycles. The fourth-order valence-electron chi connectivity index (χ4n) is 3.70. The van der Waals surface area contributed by atoms with Crippen molar-refractivity contribution in [3.63, 3.8) is 0 Å². The van der Waals surface area contributed by atoms with Crippen LogP contribution >= 0.6 is 0 Å². The molecule has 2 aliphatic rings. The monoisotopic (exact) mass is 285 g/mol. The molecule has 0 aromatic carbocycles. The summed E-state index contributed by atoms with van der Waals surface area (Å²) in [5, 5.41) is 0. The fraction of sp³-hybridized carbons (Fsp3) is 0.625.